The molecule has 0 aromatic heterocycles. The molecule has 0 amide bonds. The SMILES string of the molecule is CCCCCCCCCCCCSC(=S)NC(C)(N=NC(C)(C)C)C1CC1. The first kappa shape index (κ1) is 24.9. The predicted molar refractivity (Wildman–Crippen MR) is 126 cm³/mol. The van der Waals surface area contributed by atoms with Gasteiger partial charge in [-0.05, 0) is 47.0 Å². The summed E-state index contributed by atoms with van der Waals surface area (Å²) in [7, 11) is 0. The lowest BCUT2D eigenvalue weighted by Gasteiger charge is -2.27. The van der Waals surface area contributed by atoms with Gasteiger partial charge in [-0.25, -0.2) is 0 Å². The van der Waals surface area contributed by atoms with Crippen molar-refractivity contribution in [2.24, 2.45) is 16.1 Å². The van der Waals surface area contributed by atoms with Gasteiger partial charge in [0.2, 0.25) is 0 Å². The van der Waals surface area contributed by atoms with E-state index in [1.165, 1.54) is 77.0 Å². The number of rotatable bonds is 14. The second-order valence-electron chi connectivity index (χ2n) is 9.24. The molecule has 5 heteroatoms. The Morgan fingerprint density at radius 1 is 0.889 bits per heavy atom. The first-order valence-corrected chi connectivity index (χ1v) is 12.6. The zero-order valence-corrected chi connectivity index (χ0v) is 20.1. The topological polar surface area (TPSA) is 36.8 Å². The van der Waals surface area contributed by atoms with E-state index in [-0.39, 0.29) is 11.2 Å². The number of thioether (sulfide) groups is 1. The molecule has 0 saturated heterocycles. The van der Waals surface area contributed by atoms with Gasteiger partial charge in [-0.3, -0.25) is 0 Å². The van der Waals surface area contributed by atoms with E-state index in [4.69, 9.17) is 12.2 Å². The second kappa shape index (κ2) is 13.1. The maximum atomic E-state index is 5.58. The molecular formula is C22H43N3S2. The Morgan fingerprint density at radius 3 is 1.89 bits per heavy atom. The predicted octanol–water partition coefficient (Wildman–Crippen LogP) is 7.89. The molecular weight excluding hydrogens is 370 g/mol. The van der Waals surface area contributed by atoms with Crippen LogP contribution in [0.5, 0.6) is 0 Å². The average molecular weight is 414 g/mol. The normalized spacial score (nSPS) is 17.2. The van der Waals surface area contributed by atoms with E-state index in [2.05, 4.69) is 50.2 Å². The summed E-state index contributed by atoms with van der Waals surface area (Å²) in [4.78, 5) is 0. The number of unbranched alkanes of at least 4 members (excludes halogenated alkanes) is 9. The lowest BCUT2D eigenvalue weighted by Crippen LogP contribution is -2.44. The Balaban J connectivity index is 2.11. The highest BCUT2D eigenvalue weighted by Gasteiger charge is 2.43. The zero-order chi connectivity index (χ0) is 20.2. The van der Waals surface area contributed by atoms with Crippen molar-refractivity contribution in [3.8, 4) is 0 Å². The Morgan fingerprint density at radius 2 is 1.41 bits per heavy atom. The molecule has 0 aromatic carbocycles. The van der Waals surface area contributed by atoms with Gasteiger partial charge in [-0.2, -0.15) is 10.2 Å². The van der Waals surface area contributed by atoms with Crippen molar-refractivity contribution in [1.82, 2.24) is 5.32 Å². The Hall–Kier alpha value is -0.160. The molecule has 3 nitrogen and oxygen atoms in total. The third-order valence-electron chi connectivity index (χ3n) is 5.02. The van der Waals surface area contributed by atoms with Gasteiger partial charge < -0.3 is 5.32 Å². The second-order valence-corrected chi connectivity index (χ2v) is 11.0. The summed E-state index contributed by atoms with van der Waals surface area (Å²) in [5.41, 5.74) is -0.461. The van der Waals surface area contributed by atoms with Crippen LogP contribution in [0, 0.1) is 5.92 Å². The summed E-state index contributed by atoms with van der Waals surface area (Å²) in [6, 6.07) is 0. The average Bonchev–Trinajstić information content (AvgIpc) is 3.43. The molecule has 1 atom stereocenters. The van der Waals surface area contributed by atoms with Crippen LogP contribution in [0.4, 0.5) is 0 Å². The van der Waals surface area contributed by atoms with Crippen molar-refractivity contribution in [3.63, 3.8) is 0 Å². The molecule has 27 heavy (non-hydrogen) atoms. The third-order valence-corrected chi connectivity index (χ3v) is 6.33. The van der Waals surface area contributed by atoms with Crippen LogP contribution in [-0.4, -0.2) is 21.3 Å². The van der Waals surface area contributed by atoms with E-state index >= 15 is 0 Å². The zero-order valence-electron chi connectivity index (χ0n) is 18.5. The number of hydrogen-bond acceptors (Lipinski definition) is 4. The Bertz CT molecular complexity index is 441. The molecule has 0 aliphatic heterocycles. The molecule has 1 fully saturated rings. The van der Waals surface area contributed by atoms with Gasteiger partial charge >= 0.3 is 0 Å². The molecule has 1 rings (SSSR count). The number of azo groups is 1. The summed E-state index contributed by atoms with van der Waals surface area (Å²) in [5, 5.41) is 12.6. The highest BCUT2D eigenvalue weighted by molar-refractivity contribution is 8.22. The molecule has 0 radical (unpaired) electrons. The minimum absolute atomic E-state index is 0.136. The van der Waals surface area contributed by atoms with Crippen molar-refractivity contribution in [3.05, 3.63) is 0 Å². The van der Waals surface area contributed by atoms with Crippen LogP contribution >= 0.6 is 24.0 Å². The van der Waals surface area contributed by atoms with E-state index in [9.17, 15) is 0 Å². The summed E-state index contributed by atoms with van der Waals surface area (Å²) >= 11 is 7.35. The number of thiocarbonyl (C=S) groups is 1. The Kier molecular flexibility index (Phi) is 12.1. The maximum absolute atomic E-state index is 5.58. The van der Waals surface area contributed by atoms with Crippen molar-refractivity contribution < 1.29 is 0 Å². The van der Waals surface area contributed by atoms with E-state index in [1.54, 1.807) is 11.8 Å². The van der Waals surface area contributed by atoms with E-state index in [0.717, 1.165) is 10.1 Å². The molecule has 0 aromatic rings. The Labute approximate surface area is 178 Å². The molecule has 0 heterocycles. The first-order valence-electron chi connectivity index (χ1n) is 11.2. The third kappa shape index (κ3) is 12.8. The summed E-state index contributed by atoms with van der Waals surface area (Å²) in [6.45, 7) is 10.7. The van der Waals surface area contributed by atoms with E-state index in [1.807, 2.05) is 0 Å². The molecule has 1 saturated carbocycles. The highest BCUT2D eigenvalue weighted by Crippen LogP contribution is 2.41. The fourth-order valence-electron chi connectivity index (χ4n) is 3.11. The molecule has 1 unspecified atom stereocenters. The van der Waals surface area contributed by atoms with Crippen LogP contribution in [0.25, 0.3) is 0 Å². The lowest BCUT2D eigenvalue weighted by molar-refractivity contribution is 0.344. The van der Waals surface area contributed by atoms with Crippen LogP contribution in [-0.2, 0) is 0 Å². The first-order chi connectivity index (χ1) is 12.8. The fraction of sp³-hybridized carbons (Fsp3) is 0.955. The molecule has 0 spiro atoms. The van der Waals surface area contributed by atoms with Gasteiger partial charge in [0.05, 0.1) is 5.54 Å². The number of nitrogens with one attached hydrogen (secondary N) is 1. The minimum Gasteiger partial charge on any atom is -0.345 e. The monoisotopic (exact) mass is 413 g/mol. The van der Waals surface area contributed by atoms with Crippen molar-refractivity contribution >= 4 is 28.3 Å². The lowest BCUT2D eigenvalue weighted by atomic mass is 10.1. The van der Waals surface area contributed by atoms with Gasteiger partial charge in [0.25, 0.3) is 0 Å². The standard InChI is InChI=1S/C22H43N3S2/c1-6-7-8-9-10-11-12-13-14-15-18-27-20(26)23-22(5,19-16-17-19)25-24-21(2,3)4/h19H,6-18H2,1-5H3,(H,23,26). The summed E-state index contributed by atoms with van der Waals surface area (Å²) in [5.74, 6) is 1.68. The van der Waals surface area contributed by atoms with Gasteiger partial charge in [-0.15, -0.1) is 0 Å². The van der Waals surface area contributed by atoms with Crippen molar-refractivity contribution in [2.45, 2.75) is 123 Å². The molecule has 1 aliphatic carbocycles. The van der Waals surface area contributed by atoms with Crippen LogP contribution in [0.2, 0.25) is 0 Å². The number of hydrogen-bond donors (Lipinski definition) is 1. The van der Waals surface area contributed by atoms with Gasteiger partial charge in [0, 0.05) is 11.7 Å². The van der Waals surface area contributed by atoms with Crippen LogP contribution in [0.1, 0.15) is 112 Å². The quantitative estimate of drug-likeness (QED) is 0.179. The van der Waals surface area contributed by atoms with Crippen LogP contribution < -0.4 is 5.32 Å². The van der Waals surface area contributed by atoms with E-state index in [0.29, 0.717) is 5.92 Å². The largest absolute Gasteiger partial charge is 0.345 e. The van der Waals surface area contributed by atoms with Crippen molar-refractivity contribution in [1.29, 1.82) is 0 Å². The molecule has 0 bridgehead atoms. The van der Waals surface area contributed by atoms with E-state index < -0.39 is 0 Å². The maximum Gasteiger partial charge on any atom is 0.151 e. The fourth-order valence-corrected chi connectivity index (χ4v) is 4.37. The molecule has 158 valence electrons. The minimum atomic E-state index is -0.324. The summed E-state index contributed by atoms with van der Waals surface area (Å²) in [6.07, 6.45) is 16.2. The smallest absolute Gasteiger partial charge is 0.151 e. The molecule has 1 aliphatic rings. The summed E-state index contributed by atoms with van der Waals surface area (Å²) < 4.78 is 0.883. The van der Waals surface area contributed by atoms with Crippen molar-refractivity contribution in [2.75, 3.05) is 5.75 Å². The van der Waals surface area contributed by atoms with Gasteiger partial charge in [-0.1, -0.05) is 88.7 Å². The van der Waals surface area contributed by atoms with Crippen LogP contribution in [0.15, 0.2) is 10.2 Å². The van der Waals surface area contributed by atoms with Crippen LogP contribution in [0.3, 0.4) is 0 Å². The van der Waals surface area contributed by atoms with Gasteiger partial charge in [0.1, 0.15) is 4.32 Å². The van der Waals surface area contributed by atoms with Gasteiger partial charge in [0.15, 0.2) is 5.66 Å². The number of nitrogens with zero attached hydrogens (tertiary/aromatic N) is 2. The highest BCUT2D eigenvalue weighted by atomic mass is 32.2. The molecule has 1 N–H and O–H groups in total.